The first kappa shape index (κ1) is 14.0. The first-order valence-electron chi connectivity index (χ1n) is 5.95. The number of hydrazine groups is 1. The minimum atomic E-state index is -3.08. The van der Waals surface area contributed by atoms with Crippen LogP contribution in [0.3, 0.4) is 0 Å². The number of aryl methyl sites for hydroxylation is 1. The van der Waals surface area contributed by atoms with Crippen molar-refractivity contribution >= 4 is 20.9 Å². The van der Waals surface area contributed by atoms with Crippen molar-refractivity contribution in [3.63, 3.8) is 0 Å². The summed E-state index contributed by atoms with van der Waals surface area (Å²) in [6.45, 7) is 0. The minimum absolute atomic E-state index is 0.00724. The van der Waals surface area contributed by atoms with Gasteiger partial charge in [-0.2, -0.15) is 0 Å². The number of aromatic nitrogens is 2. The first-order chi connectivity index (χ1) is 8.90. The molecule has 0 amide bonds. The molecule has 6 nitrogen and oxygen atoms in total. The van der Waals surface area contributed by atoms with Crippen LogP contribution in [-0.2, 0) is 23.3 Å². The number of nitrogens with zero attached hydrogens (tertiary/aromatic N) is 2. The molecule has 1 aromatic heterocycles. The molecular weight excluding hydrogens is 264 g/mol. The van der Waals surface area contributed by atoms with Gasteiger partial charge in [0.1, 0.15) is 15.7 Å². The van der Waals surface area contributed by atoms with Crippen molar-refractivity contribution in [3.8, 4) is 0 Å². The molecule has 0 spiro atoms. The second-order valence-corrected chi connectivity index (χ2v) is 6.92. The van der Waals surface area contributed by atoms with Crippen LogP contribution in [0.1, 0.15) is 5.82 Å². The number of imidazole rings is 1. The SMILES string of the molecule is Cn1c(CC(CS(C)(=O)=O)NN)nc2ccccc21. The largest absolute Gasteiger partial charge is 0.331 e. The van der Waals surface area contributed by atoms with Crippen molar-refractivity contribution in [2.45, 2.75) is 12.5 Å². The number of benzene rings is 1. The van der Waals surface area contributed by atoms with Crippen LogP contribution in [0.4, 0.5) is 0 Å². The van der Waals surface area contributed by atoms with Crippen LogP contribution in [0.5, 0.6) is 0 Å². The van der Waals surface area contributed by atoms with Gasteiger partial charge in [-0.15, -0.1) is 0 Å². The van der Waals surface area contributed by atoms with E-state index in [0.29, 0.717) is 6.42 Å². The highest BCUT2D eigenvalue weighted by molar-refractivity contribution is 7.90. The number of hydrogen-bond acceptors (Lipinski definition) is 5. The van der Waals surface area contributed by atoms with Gasteiger partial charge in [-0.1, -0.05) is 12.1 Å². The molecule has 1 unspecified atom stereocenters. The Labute approximate surface area is 112 Å². The van der Waals surface area contributed by atoms with Gasteiger partial charge in [0.25, 0.3) is 0 Å². The zero-order valence-corrected chi connectivity index (χ0v) is 11.8. The first-order valence-corrected chi connectivity index (χ1v) is 8.01. The minimum Gasteiger partial charge on any atom is -0.331 e. The molecule has 104 valence electrons. The number of nitrogens with one attached hydrogen (secondary N) is 1. The molecule has 0 aliphatic rings. The van der Waals surface area contributed by atoms with E-state index in [1.165, 1.54) is 6.26 Å². The molecule has 2 rings (SSSR count). The van der Waals surface area contributed by atoms with Crippen molar-refractivity contribution in [2.75, 3.05) is 12.0 Å². The van der Waals surface area contributed by atoms with Crippen molar-refractivity contribution in [1.29, 1.82) is 0 Å². The molecule has 0 radical (unpaired) electrons. The normalized spacial score (nSPS) is 13.8. The number of hydrogen-bond donors (Lipinski definition) is 2. The summed E-state index contributed by atoms with van der Waals surface area (Å²) >= 11 is 0. The van der Waals surface area contributed by atoms with E-state index in [1.807, 2.05) is 35.9 Å². The summed E-state index contributed by atoms with van der Waals surface area (Å²) in [7, 11) is -1.16. The Hall–Kier alpha value is -1.44. The number of sulfone groups is 1. The van der Waals surface area contributed by atoms with Gasteiger partial charge in [0.05, 0.1) is 16.8 Å². The molecule has 1 aromatic carbocycles. The molecule has 19 heavy (non-hydrogen) atoms. The third-order valence-electron chi connectivity index (χ3n) is 3.05. The number of rotatable bonds is 5. The van der Waals surface area contributed by atoms with E-state index in [9.17, 15) is 8.42 Å². The standard InChI is InChI=1S/C12H18N4O2S/c1-16-11-6-4-3-5-10(11)14-12(16)7-9(15-13)8-19(2,17)18/h3-6,9,15H,7-8,13H2,1-2H3. The lowest BCUT2D eigenvalue weighted by Gasteiger charge is -2.14. The topological polar surface area (TPSA) is 90.0 Å². The third-order valence-corrected chi connectivity index (χ3v) is 4.06. The average molecular weight is 282 g/mol. The Morgan fingerprint density at radius 2 is 2.11 bits per heavy atom. The van der Waals surface area contributed by atoms with Gasteiger partial charge in [0.15, 0.2) is 0 Å². The van der Waals surface area contributed by atoms with Gasteiger partial charge < -0.3 is 4.57 Å². The van der Waals surface area contributed by atoms with Gasteiger partial charge in [-0.3, -0.25) is 11.3 Å². The van der Waals surface area contributed by atoms with Gasteiger partial charge in [0.2, 0.25) is 0 Å². The molecule has 0 aliphatic heterocycles. The predicted octanol–water partition coefficient (Wildman–Crippen LogP) is -0.00770. The fourth-order valence-electron chi connectivity index (χ4n) is 2.13. The van der Waals surface area contributed by atoms with Crippen molar-refractivity contribution < 1.29 is 8.42 Å². The Morgan fingerprint density at radius 1 is 1.42 bits per heavy atom. The molecule has 7 heteroatoms. The van der Waals surface area contributed by atoms with Gasteiger partial charge in [-0.05, 0) is 12.1 Å². The number of fused-ring (bicyclic) bond motifs is 1. The van der Waals surface area contributed by atoms with Crippen LogP contribution in [0.25, 0.3) is 11.0 Å². The van der Waals surface area contributed by atoms with Crippen LogP contribution in [0, 0.1) is 0 Å². The van der Waals surface area contributed by atoms with Crippen molar-refractivity contribution in [3.05, 3.63) is 30.1 Å². The summed E-state index contributed by atoms with van der Waals surface area (Å²) in [5.41, 5.74) is 4.47. The molecule has 1 heterocycles. The summed E-state index contributed by atoms with van der Waals surface area (Å²) in [6, 6.07) is 7.44. The Kier molecular flexibility index (Phi) is 3.88. The zero-order valence-electron chi connectivity index (χ0n) is 11.0. The van der Waals surface area contributed by atoms with E-state index < -0.39 is 9.84 Å². The second kappa shape index (κ2) is 5.28. The van der Waals surface area contributed by atoms with Crippen molar-refractivity contribution in [1.82, 2.24) is 15.0 Å². The molecule has 0 bridgehead atoms. The van der Waals surface area contributed by atoms with Gasteiger partial charge >= 0.3 is 0 Å². The van der Waals surface area contributed by atoms with E-state index in [0.717, 1.165) is 16.9 Å². The van der Waals surface area contributed by atoms with Crippen LogP contribution in [0.2, 0.25) is 0 Å². The van der Waals surface area contributed by atoms with Crippen molar-refractivity contribution in [2.24, 2.45) is 12.9 Å². The highest BCUT2D eigenvalue weighted by atomic mass is 32.2. The summed E-state index contributed by atoms with van der Waals surface area (Å²) < 4.78 is 24.6. The molecule has 1 atom stereocenters. The average Bonchev–Trinajstić information content (AvgIpc) is 2.64. The lowest BCUT2D eigenvalue weighted by molar-refractivity contribution is 0.532. The maximum Gasteiger partial charge on any atom is 0.149 e. The Balaban J connectivity index is 2.27. The predicted molar refractivity (Wildman–Crippen MR) is 75.2 cm³/mol. The van der Waals surface area contributed by atoms with Gasteiger partial charge in [-0.25, -0.2) is 13.4 Å². The summed E-state index contributed by atoms with van der Waals surface area (Å²) in [5, 5.41) is 0. The lowest BCUT2D eigenvalue weighted by Crippen LogP contribution is -2.42. The summed E-state index contributed by atoms with van der Waals surface area (Å²) in [4.78, 5) is 4.50. The molecule has 0 saturated heterocycles. The van der Waals surface area contributed by atoms with Crippen LogP contribution >= 0.6 is 0 Å². The zero-order chi connectivity index (χ0) is 14.0. The number of nitrogens with two attached hydrogens (primary N) is 1. The maximum atomic E-state index is 11.3. The number of para-hydroxylation sites is 2. The fourth-order valence-corrected chi connectivity index (χ4v) is 3.07. The van der Waals surface area contributed by atoms with E-state index in [2.05, 4.69) is 10.4 Å². The quantitative estimate of drug-likeness (QED) is 0.595. The van der Waals surface area contributed by atoms with E-state index in [-0.39, 0.29) is 11.8 Å². The maximum absolute atomic E-state index is 11.3. The van der Waals surface area contributed by atoms with E-state index in [4.69, 9.17) is 5.84 Å². The smallest absolute Gasteiger partial charge is 0.149 e. The highest BCUT2D eigenvalue weighted by Crippen LogP contribution is 2.15. The third kappa shape index (κ3) is 3.31. The summed E-state index contributed by atoms with van der Waals surface area (Å²) in [6.07, 6.45) is 1.67. The van der Waals surface area contributed by atoms with E-state index >= 15 is 0 Å². The van der Waals surface area contributed by atoms with Crippen LogP contribution in [-0.4, -0.2) is 36.0 Å². The molecule has 3 N–H and O–H groups in total. The molecule has 0 aliphatic carbocycles. The molecule has 0 saturated carbocycles. The molecule has 2 aromatic rings. The molecule has 0 fully saturated rings. The monoisotopic (exact) mass is 282 g/mol. The fraction of sp³-hybridized carbons (Fsp3) is 0.417. The van der Waals surface area contributed by atoms with E-state index in [1.54, 1.807) is 0 Å². The Morgan fingerprint density at radius 3 is 2.68 bits per heavy atom. The summed E-state index contributed by atoms with van der Waals surface area (Å²) in [5.74, 6) is 6.23. The highest BCUT2D eigenvalue weighted by Gasteiger charge is 2.17. The van der Waals surface area contributed by atoms with Crippen LogP contribution in [0.15, 0.2) is 24.3 Å². The molecular formula is C12H18N4O2S. The Bertz CT molecular complexity index is 678. The van der Waals surface area contributed by atoms with Gasteiger partial charge in [0, 0.05) is 25.8 Å². The van der Waals surface area contributed by atoms with Crippen LogP contribution < -0.4 is 11.3 Å². The second-order valence-electron chi connectivity index (χ2n) is 4.74. The lowest BCUT2D eigenvalue weighted by atomic mass is 10.2.